The Bertz CT molecular complexity index is 197. The van der Waals surface area contributed by atoms with Crippen LogP contribution in [0.3, 0.4) is 0 Å². The van der Waals surface area contributed by atoms with Crippen LogP contribution in [0.5, 0.6) is 0 Å². The summed E-state index contributed by atoms with van der Waals surface area (Å²) in [7, 11) is -3.00. The fourth-order valence-electron chi connectivity index (χ4n) is 1.42. The van der Waals surface area contributed by atoms with E-state index in [2.05, 4.69) is 5.32 Å². The molecule has 6 heteroatoms. The van der Waals surface area contributed by atoms with E-state index in [1.54, 1.807) is 4.67 Å². The van der Waals surface area contributed by atoms with Crippen LogP contribution in [0.4, 0.5) is 0 Å². The second-order valence-corrected chi connectivity index (χ2v) is 5.03. The minimum atomic E-state index is -3.00. The lowest BCUT2D eigenvalue weighted by Gasteiger charge is -2.32. The molecule has 0 aromatic carbocycles. The Morgan fingerprint density at radius 1 is 1.21 bits per heavy atom. The SMILES string of the molecule is CCOP(=O)(OCC)N1CCNCC1. The number of nitrogens with zero attached hydrogens (tertiary/aromatic N) is 1. The smallest absolute Gasteiger partial charge is 0.314 e. The number of rotatable bonds is 5. The molecule has 5 nitrogen and oxygen atoms in total. The van der Waals surface area contributed by atoms with Crippen molar-refractivity contribution in [1.82, 2.24) is 9.99 Å². The fourth-order valence-corrected chi connectivity index (χ4v) is 3.17. The lowest BCUT2D eigenvalue weighted by Crippen LogP contribution is -2.42. The van der Waals surface area contributed by atoms with Crippen LogP contribution >= 0.6 is 7.75 Å². The summed E-state index contributed by atoms with van der Waals surface area (Å²) in [6.45, 7) is 7.60. The Hall–Kier alpha value is 0.0700. The molecule has 0 aliphatic carbocycles. The summed E-state index contributed by atoms with van der Waals surface area (Å²) in [5, 5.41) is 3.20. The zero-order valence-corrected chi connectivity index (χ0v) is 9.76. The van der Waals surface area contributed by atoms with Crippen molar-refractivity contribution in [2.24, 2.45) is 0 Å². The van der Waals surface area contributed by atoms with Crippen molar-refractivity contribution in [1.29, 1.82) is 0 Å². The molecule has 1 aliphatic heterocycles. The molecule has 1 fully saturated rings. The van der Waals surface area contributed by atoms with Gasteiger partial charge >= 0.3 is 7.75 Å². The molecule has 0 radical (unpaired) electrons. The molecule has 0 spiro atoms. The van der Waals surface area contributed by atoms with Crippen LogP contribution in [-0.2, 0) is 13.6 Å². The van der Waals surface area contributed by atoms with Crippen molar-refractivity contribution in [3.05, 3.63) is 0 Å². The molecule has 1 aliphatic rings. The van der Waals surface area contributed by atoms with Crippen molar-refractivity contribution in [2.45, 2.75) is 13.8 Å². The Morgan fingerprint density at radius 2 is 1.71 bits per heavy atom. The van der Waals surface area contributed by atoms with Gasteiger partial charge in [0.2, 0.25) is 0 Å². The Labute approximate surface area is 85.3 Å². The molecule has 0 bridgehead atoms. The lowest BCUT2D eigenvalue weighted by atomic mass is 10.4. The van der Waals surface area contributed by atoms with E-state index in [1.807, 2.05) is 13.8 Å². The molecule has 1 heterocycles. The van der Waals surface area contributed by atoms with Crippen LogP contribution in [0.15, 0.2) is 0 Å². The molecular formula is C8H19N2O3P. The first kappa shape index (κ1) is 12.1. The second kappa shape index (κ2) is 5.83. The van der Waals surface area contributed by atoms with E-state index < -0.39 is 7.75 Å². The molecule has 0 atom stereocenters. The average molecular weight is 222 g/mol. The quantitative estimate of drug-likeness (QED) is 0.705. The topological polar surface area (TPSA) is 50.8 Å². The fraction of sp³-hybridized carbons (Fsp3) is 1.00. The van der Waals surface area contributed by atoms with E-state index in [9.17, 15) is 4.57 Å². The Kier molecular flexibility index (Phi) is 5.06. The minimum absolute atomic E-state index is 0.418. The van der Waals surface area contributed by atoms with E-state index in [4.69, 9.17) is 9.05 Å². The highest BCUT2D eigenvalue weighted by molar-refractivity contribution is 7.51. The number of hydrogen-bond donors (Lipinski definition) is 1. The van der Waals surface area contributed by atoms with Gasteiger partial charge in [0.25, 0.3) is 0 Å². The number of hydrogen-bond acceptors (Lipinski definition) is 4. The molecule has 0 aromatic rings. The Morgan fingerprint density at radius 3 is 2.14 bits per heavy atom. The first-order valence-corrected chi connectivity index (χ1v) is 6.57. The average Bonchev–Trinajstić information content (AvgIpc) is 2.20. The van der Waals surface area contributed by atoms with Gasteiger partial charge in [0.05, 0.1) is 13.2 Å². The van der Waals surface area contributed by atoms with Gasteiger partial charge in [-0.1, -0.05) is 0 Å². The van der Waals surface area contributed by atoms with Crippen molar-refractivity contribution in [3.8, 4) is 0 Å². The van der Waals surface area contributed by atoms with Gasteiger partial charge in [-0.25, -0.2) is 9.24 Å². The van der Waals surface area contributed by atoms with Crippen molar-refractivity contribution in [3.63, 3.8) is 0 Å². The highest BCUT2D eigenvalue weighted by Gasteiger charge is 2.33. The van der Waals surface area contributed by atoms with Crippen LogP contribution in [0.25, 0.3) is 0 Å². The molecule has 0 amide bonds. The molecule has 1 N–H and O–H groups in total. The van der Waals surface area contributed by atoms with Crippen molar-refractivity contribution < 1.29 is 13.6 Å². The van der Waals surface area contributed by atoms with Gasteiger partial charge in [-0.05, 0) is 13.8 Å². The third-order valence-electron chi connectivity index (χ3n) is 2.02. The molecule has 1 saturated heterocycles. The summed E-state index contributed by atoms with van der Waals surface area (Å²) in [6, 6.07) is 0. The van der Waals surface area contributed by atoms with Gasteiger partial charge in [0, 0.05) is 26.2 Å². The maximum absolute atomic E-state index is 12.2. The normalized spacial score (nSPS) is 19.9. The van der Waals surface area contributed by atoms with E-state index in [0.717, 1.165) is 26.2 Å². The summed E-state index contributed by atoms with van der Waals surface area (Å²) in [5.41, 5.74) is 0. The van der Waals surface area contributed by atoms with Crippen LogP contribution in [0.1, 0.15) is 13.8 Å². The van der Waals surface area contributed by atoms with Gasteiger partial charge in [-0.15, -0.1) is 0 Å². The maximum Gasteiger partial charge on any atom is 0.408 e. The van der Waals surface area contributed by atoms with Gasteiger partial charge in [0.15, 0.2) is 0 Å². The maximum atomic E-state index is 12.2. The predicted molar refractivity (Wildman–Crippen MR) is 55.3 cm³/mol. The van der Waals surface area contributed by atoms with Crippen LogP contribution in [0, 0.1) is 0 Å². The molecule has 0 aromatic heterocycles. The lowest BCUT2D eigenvalue weighted by molar-refractivity contribution is 0.161. The molecule has 14 heavy (non-hydrogen) atoms. The van der Waals surface area contributed by atoms with E-state index >= 15 is 0 Å². The standard InChI is InChI=1S/C8H19N2O3P/c1-3-12-14(11,13-4-2)10-7-5-9-6-8-10/h9H,3-8H2,1-2H3. The highest BCUT2D eigenvalue weighted by Crippen LogP contribution is 2.51. The molecule has 1 rings (SSSR count). The summed E-state index contributed by atoms with van der Waals surface area (Å²) in [6.07, 6.45) is 0. The molecule has 0 saturated carbocycles. The van der Waals surface area contributed by atoms with Gasteiger partial charge in [-0.2, -0.15) is 0 Å². The second-order valence-electron chi connectivity index (χ2n) is 3.01. The highest BCUT2D eigenvalue weighted by atomic mass is 31.2. The van der Waals surface area contributed by atoms with Crippen molar-refractivity contribution in [2.75, 3.05) is 39.4 Å². The summed E-state index contributed by atoms with van der Waals surface area (Å²) in [4.78, 5) is 0. The summed E-state index contributed by atoms with van der Waals surface area (Å²) >= 11 is 0. The van der Waals surface area contributed by atoms with Crippen LogP contribution in [0.2, 0.25) is 0 Å². The van der Waals surface area contributed by atoms with Crippen LogP contribution in [-0.4, -0.2) is 44.1 Å². The zero-order valence-electron chi connectivity index (χ0n) is 8.86. The van der Waals surface area contributed by atoms with Gasteiger partial charge in [0.1, 0.15) is 0 Å². The summed E-state index contributed by atoms with van der Waals surface area (Å²) in [5.74, 6) is 0. The third kappa shape index (κ3) is 3.04. The van der Waals surface area contributed by atoms with Crippen molar-refractivity contribution >= 4 is 7.75 Å². The monoisotopic (exact) mass is 222 g/mol. The molecule has 0 unspecified atom stereocenters. The number of piperazine rings is 1. The predicted octanol–water partition coefficient (Wildman–Crippen LogP) is 1.07. The third-order valence-corrected chi connectivity index (χ3v) is 4.29. The molecular weight excluding hydrogens is 203 g/mol. The molecule has 84 valence electrons. The van der Waals surface area contributed by atoms with Crippen LogP contribution < -0.4 is 5.32 Å². The van der Waals surface area contributed by atoms with E-state index in [1.165, 1.54) is 0 Å². The first-order chi connectivity index (χ1) is 6.73. The summed E-state index contributed by atoms with van der Waals surface area (Å²) < 4.78 is 24.5. The zero-order chi connectivity index (χ0) is 10.4. The minimum Gasteiger partial charge on any atom is -0.314 e. The number of nitrogens with one attached hydrogen (secondary N) is 1. The van der Waals surface area contributed by atoms with Gasteiger partial charge in [-0.3, -0.25) is 9.05 Å². The Balaban J connectivity index is 2.59. The first-order valence-electron chi connectivity index (χ1n) is 5.08. The van der Waals surface area contributed by atoms with Gasteiger partial charge < -0.3 is 5.32 Å². The van der Waals surface area contributed by atoms with E-state index in [0.29, 0.717) is 13.2 Å². The van der Waals surface area contributed by atoms with E-state index in [-0.39, 0.29) is 0 Å². The largest absolute Gasteiger partial charge is 0.408 e.